The third-order valence-corrected chi connectivity index (χ3v) is 3.97. The Morgan fingerprint density at radius 2 is 2.19 bits per heavy atom. The lowest BCUT2D eigenvalue weighted by molar-refractivity contribution is -0.0497. The van der Waals surface area contributed by atoms with Crippen LogP contribution >= 0.6 is 0 Å². The molecule has 26 heavy (non-hydrogen) atoms. The molecule has 2 aromatic heterocycles. The number of nitrogens with zero attached hydrogens (tertiary/aromatic N) is 4. The van der Waals surface area contributed by atoms with Gasteiger partial charge in [-0.1, -0.05) is 6.92 Å². The van der Waals surface area contributed by atoms with Gasteiger partial charge in [-0.2, -0.15) is 19.1 Å². The highest BCUT2D eigenvalue weighted by Gasteiger charge is 2.13. The zero-order valence-electron chi connectivity index (χ0n) is 14.3. The van der Waals surface area contributed by atoms with Crippen molar-refractivity contribution in [3.05, 3.63) is 47.4 Å². The number of rotatable bonds is 6. The van der Waals surface area contributed by atoms with Crippen molar-refractivity contribution in [2.75, 3.05) is 5.32 Å². The topological polar surface area (TPSA) is 75.8 Å². The molecule has 0 spiro atoms. The van der Waals surface area contributed by atoms with E-state index in [1.54, 1.807) is 10.7 Å². The van der Waals surface area contributed by atoms with E-state index in [0.29, 0.717) is 28.7 Å². The minimum atomic E-state index is -2.92. The number of nitrogens with one attached hydrogen (secondary N) is 1. The van der Waals surface area contributed by atoms with Crippen LogP contribution in [0.4, 0.5) is 14.5 Å². The van der Waals surface area contributed by atoms with Crippen molar-refractivity contribution in [3.63, 3.8) is 0 Å². The third kappa shape index (κ3) is 3.57. The number of fused-ring (bicyclic) bond motifs is 1. The number of ether oxygens (including phenoxy) is 1. The highest BCUT2D eigenvalue weighted by atomic mass is 19.3. The SMILES string of the molecule is CCc1nn(C)cc1CNc1c(C#N)cnc2ccc(OC(F)F)cc12. The summed E-state index contributed by atoms with van der Waals surface area (Å²) >= 11 is 0. The van der Waals surface area contributed by atoms with Crippen LogP contribution in [0.3, 0.4) is 0 Å². The number of pyridine rings is 1. The van der Waals surface area contributed by atoms with Gasteiger partial charge in [-0.3, -0.25) is 9.67 Å². The van der Waals surface area contributed by atoms with Crippen LogP contribution in [0.25, 0.3) is 10.9 Å². The van der Waals surface area contributed by atoms with E-state index >= 15 is 0 Å². The number of nitriles is 1. The number of aromatic nitrogens is 3. The van der Waals surface area contributed by atoms with Gasteiger partial charge in [0, 0.05) is 36.9 Å². The highest BCUT2D eigenvalue weighted by molar-refractivity contribution is 5.94. The first-order valence-electron chi connectivity index (χ1n) is 8.04. The zero-order chi connectivity index (χ0) is 18.7. The second-order valence-electron chi connectivity index (χ2n) is 5.70. The lowest BCUT2D eigenvalue weighted by atomic mass is 10.1. The van der Waals surface area contributed by atoms with Crippen LogP contribution in [0, 0.1) is 11.3 Å². The minimum absolute atomic E-state index is 0.0167. The quantitative estimate of drug-likeness (QED) is 0.729. The van der Waals surface area contributed by atoms with E-state index in [1.807, 2.05) is 20.2 Å². The molecule has 0 aliphatic heterocycles. The molecule has 1 N–H and O–H groups in total. The predicted molar refractivity (Wildman–Crippen MR) is 93.0 cm³/mol. The molecule has 6 nitrogen and oxygen atoms in total. The summed E-state index contributed by atoms with van der Waals surface area (Å²) in [5, 5.41) is 17.6. The molecule has 0 saturated heterocycles. The summed E-state index contributed by atoms with van der Waals surface area (Å²) < 4.78 is 31.2. The Hall–Kier alpha value is -3.21. The van der Waals surface area contributed by atoms with Crippen molar-refractivity contribution >= 4 is 16.6 Å². The van der Waals surface area contributed by atoms with Gasteiger partial charge in [0.05, 0.1) is 22.5 Å². The lowest BCUT2D eigenvalue weighted by Crippen LogP contribution is -2.05. The summed E-state index contributed by atoms with van der Waals surface area (Å²) in [5.74, 6) is 0.0167. The molecule has 3 aromatic rings. The molecular weight excluding hydrogens is 340 g/mol. The molecule has 134 valence electrons. The van der Waals surface area contributed by atoms with E-state index in [1.165, 1.54) is 18.3 Å². The highest BCUT2D eigenvalue weighted by Crippen LogP contribution is 2.30. The maximum atomic E-state index is 12.5. The van der Waals surface area contributed by atoms with Crippen molar-refractivity contribution in [1.82, 2.24) is 14.8 Å². The number of alkyl halides is 2. The van der Waals surface area contributed by atoms with Crippen LogP contribution < -0.4 is 10.1 Å². The normalized spacial score (nSPS) is 10.9. The summed E-state index contributed by atoms with van der Waals surface area (Å²) in [4.78, 5) is 4.20. The first kappa shape index (κ1) is 17.6. The second-order valence-corrected chi connectivity index (χ2v) is 5.70. The van der Waals surface area contributed by atoms with Crippen molar-refractivity contribution in [2.24, 2.45) is 7.05 Å². The van der Waals surface area contributed by atoms with Crippen LogP contribution in [-0.2, 0) is 20.0 Å². The van der Waals surface area contributed by atoms with Crippen LogP contribution in [0.15, 0.2) is 30.6 Å². The van der Waals surface area contributed by atoms with Crippen LogP contribution in [0.2, 0.25) is 0 Å². The third-order valence-electron chi connectivity index (χ3n) is 3.97. The molecule has 0 amide bonds. The summed E-state index contributed by atoms with van der Waals surface area (Å²) in [5.41, 5.74) is 3.40. The Labute approximate surface area is 149 Å². The van der Waals surface area contributed by atoms with Gasteiger partial charge in [0.1, 0.15) is 11.8 Å². The molecular formula is C18H17F2N5O. The first-order chi connectivity index (χ1) is 12.5. The van der Waals surface area contributed by atoms with Crippen molar-refractivity contribution in [1.29, 1.82) is 5.26 Å². The molecule has 0 bridgehead atoms. The Bertz CT molecular complexity index is 978. The van der Waals surface area contributed by atoms with Gasteiger partial charge in [-0.25, -0.2) is 0 Å². The van der Waals surface area contributed by atoms with Gasteiger partial charge < -0.3 is 10.1 Å². The van der Waals surface area contributed by atoms with Gasteiger partial charge in [0.15, 0.2) is 0 Å². The maximum absolute atomic E-state index is 12.5. The Kier molecular flexibility index (Phi) is 4.98. The summed E-state index contributed by atoms with van der Waals surface area (Å²) in [6.45, 7) is -0.453. The largest absolute Gasteiger partial charge is 0.435 e. The average molecular weight is 357 g/mol. The molecule has 0 radical (unpaired) electrons. The Balaban J connectivity index is 2.00. The lowest BCUT2D eigenvalue weighted by Gasteiger charge is -2.12. The molecule has 1 aromatic carbocycles. The van der Waals surface area contributed by atoms with Crippen LogP contribution in [-0.4, -0.2) is 21.4 Å². The fourth-order valence-electron chi connectivity index (χ4n) is 2.84. The molecule has 0 aliphatic rings. The Morgan fingerprint density at radius 3 is 2.88 bits per heavy atom. The molecule has 0 unspecified atom stereocenters. The number of benzene rings is 1. The number of halogens is 2. The summed E-state index contributed by atoms with van der Waals surface area (Å²) in [7, 11) is 1.85. The predicted octanol–water partition coefficient (Wildman–Crippen LogP) is 3.62. The van der Waals surface area contributed by atoms with Crippen molar-refractivity contribution in [3.8, 4) is 11.8 Å². The zero-order valence-corrected chi connectivity index (χ0v) is 14.3. The van der Waals surface area contributed by atoms with Gasteiger partial charge in [0.25, 0.3) is 0 Å². The first-order valence-corrected chi connectivity index (χ1v) is 8.04. The molecule has 0 atom stereocenters. The van der Waals surface area contributed by atoms with Crippen molar-refractivity contribution in [2.45, 2.75) is 26.5 Å². The van der Waals surface area contributed by atoms with E-state index in [2.05, 4.69) is 26.2 Å². The van der Waals surface area contributed by atoms with E-state index in [0.717, 1.165) is 17.7 Å². The molecule has 2 heterocycles. The van der Waals surface area contributed by atoms with Gasteiger partial charge >= 0.3 is 6.61 Å². The standard InChI is InChI=1S/C18H17F2N5O/c1-3-15-12(10-25(2)24-15)9-23-17-11(7-21)8-22-16-5-4-13(6-14(16)17)26-18(19)20/h4-6,8,10,18H,3,9H2,1-2H3,(H,22,23). The number of hydrogen-bond acceptors (Lipinski definition) is 5. The molecule has 0 aliphatic carbocycles. The molecule has 0 saturated carbocycles. The van der Waals surface area contributed by atoms with Gasteiger partial charge in [0.2, 0.25) is 0 Å². The average Bonchev–Trinajstić information content (AvgIpc) is 2.98. The molecule has 0 fully saturated rings. The van der Waals surface area contributed by atoms with E-state index in [9.17, 15) is 14.0 Å². The van der Waals surface area contributed by atoms with Crippen LogP contribution in [0.1, 0.15) is 23.7 Å². The van der Waals surface area contributed by atoms with E-state index < -0.39 is 6.61 Å². The van der Waals surface area contributed by atoms with Gasteiger partial charge in [-0.05, 0) is 24.6 Å². The van der Waals surface area contributed by atoms with Crippen molar-refractivity contribution < 1.29 is 13.5 Å². The smallest absolute Gasteiger partial charge is 0.387 e. The monoisotopic (exact) mass is 357 g/mol. The fourth-order valence-corrected chi connectivity index (χ4v) is 2.84. The molecule has 8 heteroatoms. The van der Waals surface area contributed by atoms with E-state index in [-0.39, 0.29) is 5.75 Å². The summed E-state index contributed by atoms with van der Waals surface area (Å²) in [6.07, 6.45) is 4.15. The number of hydrogen-bond donors (Lipinski definition) is 1. The van der Waals surface area contributed by atoms with Gasteiger partial charge in [-0.15, -0.1) is 0 Å². The minimum Gasteiger partial charge on any atom is -0.435 e. The number of anilines is 1. The second kappa shape index (κ2) is 7.35. The van der Waals surface area contributed by atoms with Crippen LogP contribution in [0.5, 0.6) is 5.75 Å². The fraction of sp³-hybridized carbons (Fsp3) is 0.278. The molecule has 3 rings (SSSR count). The Morgan fingerprint density at radius 1 is 1.38 bits per heavy atom. The number of aryl methyl sites for hydroxylation is 2. The summed E-state index contributed by atoms with van der Waals surface area (Å²) in [6, 6.07) is 6.55. The maximum Gasteiger partial charge on any atom is 0.387 e. The van der Waals surface area contributed by atoms with E-state index in [4.69, 9.17) is 0 Å².